The number of pyridine rings is 1. The van der Waals surface area contributed by atoms with Crippen molar-refractivity contribution in [1.82, 2.24) is 14.5 Å². The number of hydrogen-bond acceptors (Lipinski definition) is 5. The van der Waals surface area contributed by atoms with Crippen LogP contribution >= 0.6 is 0 Å². The molecule has 0 saturated heterocycles. The Bertz CT molecular complexity index is 3080. The first-order chi connectivity index (χ1) is 25.1. The van der Waals surface area contributed by atoms with Crippen molar-refractivity contribution < 1.29 is 17.4 Å². The number of aryl methyl sites for hydroxylation is 1. The molecule has 6 nitrogen and oxygen atoms in total. The number of fused-ring (bicyclic) bond motifs is 10. The Morgan fingerprint density at radius 3 is 2.18 bits per heavy atom. The summed E-state index contributed by atoms with van der Waals surface area (Å²) in [5.41, 5.74) is 9.86. The molecule has 5 aromatic carbocycles. The van der Waals surface area contributed by atoms with E-state index in [1.54, 1.807) is 12.1 Å². The topological polar surface area (TPSA) is 70.1 Å². The van der Waals surface area contributed by atoms with Crippen molar-refractivity contribution in [2.24, 2.45) is 0 Å². The molecule has 0 unspecified atom stereocenters. The summed E-state index contributed by atoms with van der Waals surface area (Å²) in [7, 11) is 0. The number of para-hydroxylation sites is 4. The summed E-state index contributed by atoms with van der Waals surface area (Å²) in [6.45, 7) is 6.26. The SMILES string of the molecule is [2H]C([2H])([2H])c1cccc2nc(-c3cccc4c3oc3nc5c(cc34)oc3ccccc35)n(-c3c(C(C)C)cc4c(oc5ccccc54)c3C(C)C)c12. The molecule has 0 aliphatic carbocycles. The van der Waals surface area contributed by atoms with Gasteiger partial charge in [-0.2, -0.15) is 0 Å². The molecule has 0 amide bonds. The number of hydrogen-bond donors (Lipinski definition) is 0. The molecular weight excluding hydrogens is 606 g/mol. The Labute approximate surface area is 285 Å². The lowest BCUT2D eigenvalue weighted by atomic mass is 9.89. The maximum Gasteiger partial charge on any atom is 0.228 e. The Hall–Kier alpha value is -5.88. The van der Waals surface area contributed by atoms with Crippen LogP contribution in [0, 0.1) is 6.85 Å². The predicted octanol–water partition coefficient (Wildman–Crippen LogP) is 12.3. The average Bonchev–Trinajstić information content (AvgIpc) is 3.88. The lowest BCUT2D eigenvalue weighted by molar-refractivity contribution is 0.652. The van der Waals surface area contributed by atoms with Crippen LogP contribution in [0.5, 0.6) is 0 Å². The average molecular weight is 643 g/mol. The van der Waals surface area contributed by atoms with Gasteiger partial charge >= 0.3 is 0 Å². The van der Waals surface area contributed by atoms with Gasteiger partial charge in [0.25, 0.3) is 0 Å². The lowest BCUT2D eigenvalue weighted by Crippen LogP contribution is -2.09. The number of rotatable bonds is 4. The van der Waals surface area contributed by atoms with E-state index in [4.69, 9.17) is 27.3 Å². The zero-order valence-electron chi connectivity index (χ0n) is 30.5. The van der Waals surface area contributed by atoms with E-state index in [1.807, 2.05) is 72.8 Å². The molecule has 0 bridgehead atoms. The minimum Gasteiger partial charge on any atom is -0.456 e. The zero-order valence-corrected chi connectivity index (χ0v) is 27.5. The van der Waals surface area contributed by atoms with Crippen LogP contribution in [0.15, 0.2) is 110 Å². The quantitative estimate of drug-likeness (QED) is 0.191. The summed E-state index contributed by atoms with van der Waals surface area (Å²) < 4.78 is 47.6. The summed E-state index contributed by atoms with van der Waals surface area (Å²) in [4.78, 5) is 10.2. The van der Waals surface area contributed by atoms with Crippen molar-refractivity contribution in [2.75, 3.05) is 0 Å². The maximum atomic E-state index is 8.66. The molecule has 5 aromatic heterocycles. The lowest BCUT2D eigenvalue weighted by Gasteiger charge is -2.23. The summed E-state index contributed by atoms with van der Waals surface area (Å²) in [6, 6.07) is 31.5. The number of imidazole rings is 1. The Balaban J connectivity index is 1.36. The summed E-state index contributed by atoms with van der Waals surface area (Å²) in [5, 5.41) is 4.69. The van der Waals surface area contributed by atoms with Gasteiger partial charge in [-0.05, 0) is 72.3 Å². The van der Waals surface area contributed by atoms with Gasteiger partial charge in [-0.25, -0.2) is 9.97 Å². The Morgan fingerprint density at radius 2 is 1.39 bits per heavy atom. The van der Waals surface area contributed by atoms with Gasteiger partial charge in [0.1, 0.15) is 33.7 Å². The molecule has 238 valence electrons. The van der Waals surface area contributed by atoms with Gasteiger partial charge in [-0.15, -0.1) is 0 Å². The fourth-order valence-electron chi connectivity index (χ4n) is 7.67. The molecule has 0 radical (unpaired) electrons. The number of aromatic nitrogens is 3. The van der Waals surface area contributed by atoms with Crippen molar-refractivity contribution in [3.63, 3.8) is 0 Å². The van der Waals surface area contributed by atoms with Crippen molar-refractivity contribution in [3.05, 3.63) is 114 Å². The summed E-state index contributed by atoms with van der Waals surface area (Å²) in [5.74, 6) is 0.662. The van der Waals surface area contributed by atoms with Crippen molar-refractivity contribution >= 4 is 77.1 Å². The van der Waals surface area contributed by atoms with E-state index < -0.39 is 6.85 Å². The van der Waals surface area contributed by atoms with Gasteiger partial charge in [0.05, 0.1) is 27.7 Å². The first kappa shape index (κ1) is 25.2. The van der Waals surface area contributed by atoms with Gasteiger partial charge < -0.3 is 13.3 Å². The molecule has 49 heavy (non-hydrogen) atoms. The largest absolute Gasteiger partial charge is 0.456 e. The highest BCUT2D eigenvalue weighted by Crippen LogP contribution is 2.46. The molecule has 0 saturated carbocycles. The first-order valence-electron chi connectivity index (χ1n) is 18.2. The van der Waals surface area contributed by atoms with Crippen LogP contribution in [0.4, 0.5) is 0 Å². The first-order valence-corrected chi connectivity index (χ1v) is 16.7. The van der Waals surface area contributed by atoms with Gasteiger partial charge in [0, 0.05) is 31.2 Å². The molecule has 10 rings (SSSR count). The van der Waals surface area contributed by atoms with Crippen LogP contribution in [0.3, 0.4) is 0 Å². The molecule has 0 atom stereocenters. The fourth-order valence-corrected chi connectivity index (χ4v) is 7.67. The normalized spacial score (nSPS) is 13.7. The molecular formula is C43H33N3O3. The van der Waals surface area contributed by atoms with Gasteiger partial charge in [0.15, 0.2) is 5.58 Å². The molecule has 0 spiro atoms. The van der Waals surface area contributed by atoms with Gasteiger partial charge in [-0.1, -0.05) is 82.3 Å². The van der Waals surface area contributed by atoms with E-state index in [0.717, 1.165) is 71.6 Å². The molecule has 0 N–H and O–H groups in total. The van der Waals surface area contributed by atoms with Crippen LogP contribution in [0.1, 0.15) is 60.3 Å². The van der Waals surface area contributed by atoms with E-state index in [9.17, 15) is 0 Å². The molecule has 5 heterocycles. The van der Waals surface area contributed by atoms with Crippen LogP contribution in [-0.2, 0) is 0 Å². The number of furan rings is 3. The highest BCUT2D eigenvalue weighted by Gasteiger charge is 2.29. The van der Waals surface area contributed by atoms with Gasteiger partial charge in [-0.3, -0.25) is 4.57 Å². The maximum absolute atomic E-state index is 8.66. The fraction of sp³-hybridized carbons (Fsp3) is 0.163. The molecule has 10 aromatic rings. The minimum atomic E-state index is -2.40. The highest BCUT2D eigenvalue weighted by molar-refractivity contribution is 6.14. The number of nitrogens with zero attached hydrogens (tertiary/aromatic N) is 3. The van der Waals surface area contributed by atoms with Crippen molar-refractivity contribution in [3.8, 4) is 17.1 Å². The zero-order chi connectivity index (χ0) is 35.6. The van der Waals surface area contributed by atoms with E-state index in [1.165, 1.54) is 0 Å². The predicted molar refractivity (Wildman–Crippen MR) is 199 cm³/mol. The smallest absolute Gasteiger partial charge is 0.228 e. The van der Waals surface area contributed by atoms with Crippen LogP contribution in [-0.4, -0.2) is 14.5 Å². The van der Waals surface area contributed by atoms with Crippen LogP contribution in [0.2, 0.25) is 0 Å². The van der Waals surface area contributed by atoms with E-state index in [-0.39, 0.29) is 17.4 Å². The van der Waals surface area contributed by atoms with Gasteiger partial charge in [0.2, 0.25) is 5.71 Å². The Morgan fingerprint density at radius 1 is 0.633 bits per heavy atom. The highest BCUT2D eigenvalue weighted by atomic mass is 16.3. The van der Waals surface area contributed by atoms with Crippen LogP contribution < -0.4 is 0 Å². The standard InChI is InChI=1S/C43H33N3O3/c1-22(2)29-20-30-25-13-6-8-18-33(25)48-41(30)36(23(3)4)39(29)46-38-24(5)12-10-17-32(38)44-42(46)28-16-11-15-26-31-21-35-37(45-43(31)49-40(26)28)27-14-7-9-19-34(27)47-35/h6-23H,1-5H3/i5D3. The minimum absolute atomic E-state index is 0.0124. The second kappa shape index (κ2) is 10.1. The summed E-state index contributed by atoms with van der Waals surface area (Å²) in [6.07, 6.45) is 0. The second-order valence-electron chi connectivity index (χ2n) is 13.5. The van der Waals surface area contributed by atoms with Crippen LogP contribution in [0.25, 0.3) is 94.2 Å². The number of benzene rings is 5. The third-order valence-electron chi connectivity index (χ3n) is 9.87. The van der Waals surface area contributed by atoms with Crippen molar-refractivity contribution in [2.45, 2.75) is 46.4 Å². The second-order valence-corrected chi connectivity index (χ2v) is 13.5. The summed E-state index contributed by atoms with van der Waals surface area (Å²) >= 11 is 0. The third kappa shape index (κ3) is 3.88. The molecule has 0 aliphatic rings. The molecule has 0 fully saturated rings. The van der Waals surface area contributed by atoms with E-state index >= 15 is 0 Å². The third-order valence-corrected chi connectivity index (χ3v) is 9.87. The van der Waals surface area contributed by atoms with Crippen molar-refractivity contribution in [1.29, 1.82) is 0 Å². The monoisotopic (exact) mass is 642 g/mol. The molecule has 0 aliphatic heterocycles. The Kier molecular flexibility index (Phi) is 5.17. The van der Waals surface area contributed by atoms with E-state index in [2.05, 4.69) is 44.4 Å². The van der Waals surface area contributed by atoms with E-state index in [0.29, 0.717) is 33.7 Å². The molecule has 6 heteroatoms.